The molecule has 0 unspecified atom stereocenters. The predicted molar refractivity (Wildman–Crippen MR) is 43.9 cm³/mol. The number of aromatic carboxylic acids is 1. The zero-order valence-electron chi connectivity index (χ0n) is 6.90. The first kappa shape index (κ1) is 9.18. The van der Waals surface area contributed by atoms with Gasteiger partial charge in [-0.3, -0.25) is 0 Å². The number of nitroso groups, excluding NO2 is 1. The lowest BCUT2D eigenvalue weighted by atomic mass is 10.1. The van der Waals surface area contributed by atoms with E-state index < -0.39 is 5.97 Å². The van der Waals surface area contributed by atoms with Gasteiger partial charge in [0.25, 0.3) is 0 Å². The number of carboxylic acids is 1. The number of hydrogen-bond donors (Lipinski definition) is 2. The first-order valence-corrected chi connectivity index (χ1v) is 3.49. The second-order valence-electron chi connectivity index (χ2n) is 2.29. The van der Waals surface area contributed by atoms with Gasteiger partial charge in [0, 0.05) is 10.1 Å². The second-order valence-corrected chi connectivity index (χ2v) is 2.29. The maximum atomic E-state index is 10.6. The molecule has 5 nitrogen and oxygen atoms in total. The molecule has 0 radical (unpaired) electrons. The summed E-state index contributed by atoms with van der Waals surface area (Å²) < 4.78 is 4.80. The zero-order chi connectivity index (χ0) is 9.84. The van der Waals surface area contributed by atoms with Crippen LogP contribution in [0.4, 0.5) is 5.69 Å². The molecule has 0 atom stereocenters. The number of para-hydroxylation sites is 1. The van der Waals surface area contributed by atoms with E-state index in [0.29, 0.717) is 0 Å². The lowest BCUT2D eigenvalue weighted by Crippen LogP contribution is -2.57. The molecule has 0 heterocycles. The fourth-order valence-electron chi connectivity index (χ4n) is 0.985. The molecule has 1 aromatic rings. The van der Waals surface area contributed by atoms with Crippen LogP contribution in [-0.4, -0.2) is 18.2 Å². The van der Waals surface area contributed by atoms with E-state index >= 15 is 0 Å². The Morgan fingerprint density at radius 2 is 2.23 bits per heavy atom. The van der Waals surface area contributed by atoms with Crippen molar-refractivity contribution in [2.24, 2.45) is 0 Å². The number of benzene rings is 1. The molecule has 1 rings (SSSR count). The largest absolute Gasteiger partial charge is 0.490 e. The minimum absolute atomic E-state index is 0.0579. The quantitative estimate of drug-likeness (QED) is 0.682. The molecule has 1 aromatic carbocycles. The third-order valence-corrected chi connectivity index (χ3v) is 1.58. The molecule has 0 aliphatic carbocycles. The number of hydrogen-bond acceptors (Lipinski definition) is 3. The van der Waals surface area contributed by atoms with Gasteiger partial charge in [-0.2, -0.15) is 0 Å². The Balaban J connectivity index is 3.35. The standard InChI is InChI=1S/C8H7NO4/c1-13-6-4-2-3-5(8(10)11)7(6)9-12/h2-4H,1H3,(H,10,11)/p+1. The molecule has 0 aliphatic rings. The monoisotopic (exact) mass is 182 g/mol. The Kier molecular flexibility index (Phi) is 2.59. The minimum Gasteiger partial charge on any atom is -0.490 e. The van der Waals surface area contributed by atoms with Crippen molar-refractivity contribution in [2.45, 2.75) is 0 Å². The van der Waals surface area contributed by atoms with Gasteiger partial charge in [-0.05, 0) is 12.1 Å². The number of methoxy groups -OCH3 is 1. The van der Waals surface area contributed by atoms with Gasteiger partial charge in [-0.15, -0.1) is 0 Å². The fourth-order valence-corrected chi connectivity index (χ4v) is 0.985. The van der Waals surface area contributed by atoms with Crippen LogP contribution >= 0.6 is 0 Å². The molecule has 0 saturated carbocycles. The first-order valence-electron chi connectivity index (χ1n) is 3.49. The number of ether oxygens (including phenoxy) is 1. The average Bonchev–Trinajstić information content (AvgIpc) is 2.16. The third-order valence-electron chi connectivity index (χ3n) is 1.58. The molecule has 0 amide bonds. The molecule has 2 N–H and O–H groups in total. The van der Waals surface area contributed by atoms with Crippen LogP contribution in [0.25, 0.3) is 0 Å². The number of carboxylic acid groups (broad SMARTS) is 1. The van der Waals surface area contributed by atoms with Crippen LogP contribution < -0.4 is 9.91 Å². The summed E-state index contributed by atoms with van der Waals surface area (Å²) in [5, 5.41) is 10.2. The summed E-state index contributed by atoms with van der Waals surface area (Å²) >= 11 is 0. The topological polar surface area (TPSA) is 77.6 Å². The molecule has 0 aromatic heterocycles. The Labute approximate surface area is 73.9 Å². The lowest BCUT2D eigenvalue weighted by molar-refractivity contribution is -0.380. The number of nitrogens with one attached hydrogen (secondary N) is 1. The van der Waals surface area contributed by atoms with Crippen LogP contribution in [0.3, 0.4) is 0 Å². The molecular formula is C8H8NO4+. The van der Waals surface area contributed by atoms with Gasteiger partial charge in [-0.25, -0.2) is 4.79 Å². The highest BCUT2D eigenvalue weighted by atomic mass is 16.5. The minimum atomic E-state index is -1.17. The molecule has 68 valence electrons. The van der Waals surface area contributed by atoms with Crippen molar-refractivity contribution in [2.75, 3.05) is 7.11 Å². The van der Waals surface area contributed by atoms with Crippen LogP contribution in [0.2, 0.25) is 0 Å². The van der Waals surface area contributed by atoms with Gasteiger partial charge in [0.2, 0.25) is 0 Å². The van der Waals surface area contributed by atoms with E-state index in [4.69, 9.17) is 9.84 Å². The van der Waals surface area contributed by atoms with Crippen LogP contribution in [0.1, 0.15) is 10.4 Å². The highest BCUT2D eigenvalue weighted by molar-refractivity contribution is 5.93. The van der Waals surface area contributed by atoms with Crippen molar-refractivity contribution in [3.05, 3.63) is 28.7 Å². The number of carbonyl (C=O) groups is 1. The zero-order valence-corrected chi connectivity index (χ0v) is 6.90. The highest BCUT2D eigenvalue weighted by Crippen LogP contribution is 2.22. The summed E-state index contributed by atoms with van der Waals surface area (Å²) in [6.45, 7) is 0. The van der Waals surface area contributed by atoms with Crippen molar-refractivity contribution in [3.63, 3.8) is 0 Å². The molecule has 5 heteroatoms. The normalized spacial score (nSPS) is 9.31. The van der Waals surface area contributed by atoms with Gasteiger partial charge in [0.05, 0.1) is 7.11 Å². The van der Waals surface area contributed by atoms with Crippen LogP contribution in [-0.2, 0) is 0 Å². The maximum absolute atomic E-state index is 10.6. The Morgan fingerprint density at radius 1 is 1.54 bits per heavy atom. The van der Waals surface area contributed by atoms with Crippen LogP contribution in [0, 0.1) is 4.91 Å². The Morgan fingerprint density at radius 3 is 2.69 bits per heavy atom. The average molecular weight is 182 g/mol. The molecule has 0 fully saturated rings. The van der Waals surface area contributed by atoms with E-state index in [1.54, 1.807) is 5.18 Å². The molecule has 0 bridgehead atoms. The van der Waals surface area contributed by atoms with Crippen molar-refractivity contribution < 1.29 is 19.8 Å². The summed E-state index contributed by atoms with van der Waals surface area (Å²) in [7, 11) is 1.36. The molecular weight excluding hydrogens is 174 g/mol. The Hall–Kier alpha value is -1.91. The number of rotatable bonds is 3. The SMILES string of the molecule is COc1cccc(C(=O)O)c1[NH+]=O. The van der Waals surface area contributed by atoms with Crippen molar-refractivity contribution in [1.29, 1.82) is 0 Å². The first-order chi connectivity index (χ1) is 6.20. The van der Waals surface area contributed by atoms with Gasteiger partial charge in [0.1, 0.15) is 5.56 Å². The van der Waals surface area contributed by atoms with Crippen molar-refractivity contribution in [1.82, 2.24) is 0 Å². The molecule has 0 aliphatic heterocycles. The van der Waals surface area contributed by atoms with Crippen LogP contribution in [0.5, 0.6) is 5.75 Å². The summed E-state index contributed by atoms with van der Waals surface area (Å²) in [6, 6.07) is 4.33. The van der Waals surface area contributed by atoms with Crippen LogP contribution in [0.15, 0.2) is 18.2 Å². The van der Waals surface area contributed by atoms with E-state index in [2.05, 4.69) is 0 Å². The summed E-state index contributed by atoms with van der Waals surface area (Å²) in [5.41, 5.74) is -0.160. The smallest absolute Gasteiger partial charge is 0.342 e. The van der Waals surface area contributed by atoms with Gasteiger partial charge in [0.15, 0.2) is 5.75 Å². The van der Waals surface area contributed by atoms with E-state index in [0.717, 1.165) is 0 Å². The van der Waals surface area contributed by atoms with Gasteiger partial charge >= 0.3 is 11.7 Å². The highest BCUT2D eigenvalue weighted by Gasteiger charge is 2.20. The van der Waals surface area contributed by atoms with Crippen molar-refractivity contribution in [3.8, 4) is 5.75 Å². The molecule has 0 spiro atoms. The summed E-state index contributed by atoms with van der Waals surface area (Å²) in [5.74, 6) is -0.952. The summed E-state index contributed by atoms with van der Waals surface area (Å²) in [4.78, 5) is 21.1. The van der Waals surface area contributed by atoms with E-state index in [1.807, 2.05) is 0 Å². The molecule has 13 heavy (non-hydrogen) atoms. The van der Waals surface area contributed by atoms with E-state index in [-0.39, 0.29) is 17.0 Å². The Bertz CT molecular complexity index is 348. The molecule has 0 saturated heterocycles. The van der Waals surface area contributed by atoms with E-state index in [9.17, 15) is 9.70 Å². The van der Waals surface area contributed by atoms with Gasteiger partial charge in [-0.1, -0.05) is 6.07 Å². The second kappa shape index (κ2) is 3.66. The fraction of sp³-hybridized carbons (Fsp3) is 0.125. The lowest BCUT2D eigenvalue weighted by Gasteiger charge is -1.99. The predicted octanol–water partition coefficient (Wildman–Crippen LogP) is -0.128. The maximum Gasteiger partial charge on any atom is 0.342 e. The van der Waals surface area contributed by atoms with Gasteiger partial charge < -0.3 is 9.84 Å². The van der Waals surface area contributed by atoms with Crippen molar-refractivity contribution >= 4 is 11.7 Å². The third kappa shape index (κ3) is 1.64. The van der Waals surface area contributed by atoms with E-state index in [1.165, 1.54) is 25.3 Å². The summed E-state index contributed by atoms with van der Waals surface area (Å²) in [6.07, 6.45) is 0.